The van der Waals surface area contributed by atoms with Gasteiger partial charge in [-0.1, -0.05) is 19.3 Å². The van der Waals surface area contributed by atoms with Crippen LogP contribution in [-0.2, 0) is 0 Å². The van der Waals surface area contributed by atoms with Gasteiger partial charge in [-0.15, -0.1) is 23.2 Å². The zero-order chi connectivity index (χ0) is 7.61. The van der Waals surface area contributed by atoms with Gasteiger partial charge in [0.25, 0.3) is 0 Å². The topological polar surface area (TPSA) is 0 Å². The quantitative estimate of drug-likeness (QED) is 0.542. The average Bonchev–Trinajstić information content (AvgIpc) is 1.89. The molecule has 0 heterocycles. The van der Waals surface area contributed by atoms with Crippen LogP contribution in [-0.4, -0.2) is 10.3 Å². The highest BCUT2D eigenvalue weighted by Gasteiger charge is 2.33. The molecule has 0 bridgehead atoms. The molecule has 60 valence electrons. The molecule has 0 saturated heterocycles. The number of halogens is 2. The Labute approximate surface area is 72.9 Å². The number of hydrogen-bond acceptors (Lipinski definition) is 0. The summed E-state index contributed by atoms with van der Waals surface area (Å²) in [6.45, 7) is 2.00. The van der Waals surface area contributed by atoms with E-state index in [-0.39, 0.29) is 10.3 Å². The smallest absolute Gasteiger partial charge is 0.0607 e. The Kier molecular flexibility index (Phi) is 2.88. The average molecular weight is 181 g/mol. The van der Waals surface area contributed by atoms with Crippen molar-refractivity contribution >= 4 is 23.2 Å². The monoisotopic (exact) mass is 180 g/mol. The molecule has 0 radical (unpaired) electrons. The maximum atomic E-state index is 6.28. The van der Waals surface area contributed by atoms with Crippen LogP contribution in [0.15, 0.2) is 0 Å². The number of rotatable bonds is 1. The van der Waals surface area contributed by atoms with Crippen molar-refractivity contribution in [3.05, 3.63) is 0 Å². The zero-order valence-corrected chi connectivity index (χ0v) is 7.88. The van der Waals surface area contributed by atoms with E-state index in [1.807, 2.05) is 6.92 Å². The Balaban J connectivity index is 2.48. The van der Waals surface area contributed by atoms with Crippen LogP contribution < -0.4 is 0 Å². The Morgan fingerprint density at radius 3 is 2.00 bits per heavy atom. The van der Waals surface area contributed by atoms with Crippen molar-refractivity contribution in [2.24, 2.45) is 0 Å². The van der Waals surface area contributed by atoms with Gasteiger partial charge in [0, 0.05) is 5.38 Å². The van der Waals surface area contributed by atoms with Gasteiger partial charge in [-0.25, -0.2) is 0 Å². The summed E-state index contributed by atoms with van der Waals surface area (Å²) < 4.78 is 0. The van der Waals surface area contributed by atoms with Crippen LogP contribution in [0.4, 0.5) is 0 Å². The molecule has 10 heavy (non-hydrogen) atoms. The highest BCUT2D eigenvalue weighted by atomic mass is 35.5. The molecule has 2 heteroatoms. The summed E-state index contributed by atoms with van der Waals surface area (Å²) in [5.74, 6) is 0. The van der Waals surface area contributed by atoms with Gasteiger partial charge in [-0.05, 0) is 19.8 Å². The van der Waals surface area contributed by atoms with E-state index < -0.39 is 0 Å². The van der Waals surface area contributed by atoms with Crippen LogP contribution in [0.1, 0.15) is 39.0 Å². The van der Waals surface area contributed by atoms with E-state index in [9.17, 15) is 0 Å². The van der Waals surface area contributed by atoms with Gasteiger partial charge in [0.2, 0.25) is 0 Å². The van der Waals surface area contributed by atoms with E-state index in [2.05, 4.69) is 0 Å². The fourth-order valence-corrected chi connectivity index (χ4v) is 2.02. The largest absolute Gasteiger partial charge is 0.121 e. The molecule has 1 fully saturated rings. The molecule has 1 unspecified atom stereocenters. The van der Waals surface area contributed by atoms with Crippen LogP contribution in [0.5, 0.6) is 0 Å². The van der Waals surface area contributed by atoms with E-state index >= 15 is 0 Å². The second kappa shape index (κ2) is 3.32. The molecule has 1 atom stereocenters. The van der Waals surface area contributed by atoms with E-state index in [1.165, 1.54) is 19.3 Å². The molecule has 0 aromatic rings. The summed E-state index contributed by atoms with van der Waals surface area (Å²) in [5, 5.41) is 0.120. The highest BCUT2D eigenvalue weighted by molar-refractivity contribution is 6.32. The minimum atomic E-state index is -0.0835. The predicted molar refractivity (Wildman–Crippen MR) is 47.0 cm³/mol. The minimum absolute atomic E-state index is 0.0835. The lowest BCUT2D eigenvalue weighted by molar-refractivity contribution is 0.384. The maximum absolute atomic E-state index is 6.28. The van der Waals surface area contributed by atoms with Crippen molar-refractivity contribution in [1.29, 1.82) is 0 Å². The fraction of sp³-hybridized carbons (Fsp3) is 1.00. The standard InChI is InChI=1S/C8H14Cl2/c1-7(9)8(10)5-3-2-4-6-8/h7H,2-6H2,1H3. The van der Waals surface area contributed by atoms with E-state index in [4.69, 9.17) is 23.2 Å². The molecular weight excluding hydrogens is 167 g/mol. The lowest BCUT2D eigenvalue weighted by Crippen LogP contribution is -2.33. The molecule has 1 aliphatic carbocycles. The molecule has 1 saturated carbocycles. The molecular formula is C8H14Cl2. The van der Waals surface area contributed by atoms with E-state index in [0.29, 0.717) is 0 Å². The molecule has 0 aromatic heterocycles. The second-order valence-electron chi connectivity index (χ2n) is 3.21. The molecule has 0 amide bonds. The third-order valence-corrected chi connectivity index (χ3v) is 3.63. The first-order chi connectivity index (χ1) is 4.65. The zero-order valence-electron chi connectivity index (χ0n) is 6.37. The van der Waals surface area contributed by atoms with E-state index in [0.717, 1.165) is 12.8 Å². The third kappa shape index (κ3) is 1.79. The maximum Gasteiger partial charge on any atom is 0.0607 e. The minimum Gasteiger partial charge on any atom is -0.121 e. The summed E-state index contributed by atoms with van der Waals surface area (Å²) in [5.41, 5.74) is 0. The fourth-order valence-electron chi connectivity index (χ4n) is 1.54. The van der Waals surface area contributed by atoms with Gasteiger partial charge in [0.15, 0.2) is 0 Å². The first kappa shape index (κ1) is 8.67. The van der Waals surface area contributed by atoms with Crippen LogP contribution in [0.2, 0.25) is 0 Å². The van der Waals surface area contributed by atoms with Crippen molar-refractivity contribution in [3.63, 3.8) is 0 Å². The highest BCUT2D eigenvalue weighted by Crippen LogP contribution is 2.38. The number of alkyl halides is 2. The Bertz CT molecular complexity index is 104. The van der Waals surface area contributed by atoms with Gasteiger partial charge >= 0.3 is 0 Å². The summed E-state index contributed by atoms with van der Waals surface area (Å²) in [6.07, 6.45) is 6.03. The first-order valence-corrected chi connectivity index (χ1v) is 4.79. The van der Waals surface area contributed by atoms with Crippen molar-refractivity contribution in [1.82, 2.24) is 0 Å². The molecule has 0 aliphatic heterocycles. The summed E-state index contributed by atoms with van der Waals surface area (Å²) in [6, 6.07) is 0. The Hall–Kier alpha value is 0.580. The van der Waals surface area contributed by atoms with Gasteiger partial charge in [0.1, 0.15) is 0 Å². The summed E-state index contributed by atoms with van der Waals surface area (Å²) in [4.78, 5) is -0.0835. The lowest BCUT2D eigenvalue weighted by atomic mass is 9.86. The van der Waals surface area contributed by atoms with Crippen LogP contribution in [0.25, 0.3) is 0 Å². The van der Waals surface area contributed by atoms with Gasteiger partial charge in [0.05, 0.1) is 4.87 Å². The summed E-state index contributed by atoms with van der Waals surface area (Å²) in [7, 11) is 0. The second-order valence-corrected chi connectivity index (χ2v) is 4.62. The molecule has 1 rings (SSSR count). The predicted octanol–water partition coefficient (Wildman–Crippen LogP) is 3.56. The van der Waals surface area contributed by atoms with Crippen LogP contribution in [0, 0.1) is 0 Å². The van der Waals surface area contributed by atoms with Crippen molar-refractivity contribution in [2.45, 2.75) is 49.3 Å². The Morgan fingerprint density at radius 1 is 1.20 bits per heavy atom. The molecule has 1 aliphatic rings. The first-order valence-electron chi connectivity index (χ1n) is 3.98. The van der Waals surface area contributed by atoms with Gasteiger partial charge in [-0.3, -0.25) is 0 Å². The van der Waals surface area contributed by atoms with Crippen molar-refractivity contribution in [3.8, 4) is 0 Å². The van der Waals surface area contributed by atoms with Crippen LogP contribution >= 0.6 is 23.2 Å². The molecule has 0 nitrogen and oxygen atoms in total. The van der Waals surface area contributed by atoms with Gasteiger partial charge in [-0.2, -0.15) is 0 Å². The van der Waals surface area contributed by atoms with Gasteiger partial charge < -0.3 is 0 Å². The molecule has 0 spiro atoms. The number of hydrogen-bond donors (Lipinski definition) is 0. The normalized spacial score (nSPS) is 27.9. The third-order valence-electron chi connectivity index (χ3n) is 2.40. The SMILES string of the molecule is CC(Cl)C1(Cl)CCCCC1. The van der Waals surface area contributed by atoms with E-state index in [1.54, 1.807) is 0 Å². The summed E-state index contributed by atoms with van der Waals surface area (Å²) >= 11 is 12.2. The van der Waals surface area contributed by atoms with Crippen LogP contribution in [0.3, 0.4) is 0 Å². The molecule has 0 N–H and O–H groups in total. The lowest BCUT2D eigenvalue weighted by Gasteiger charge is -2.33. The van der Waals surface area contributed by atoms with Crippen molar-refractivity contribution < 1.29 is 0 Å². The Morgan fingerprint density at radius 2 is 1.70 bits per heavy atom. The van der Waals surface area contributed by atoms with Crippen molar-refractivity contribution in [2.75, 3.05) is 0 Å². The molecule has 0 aromatic carbocycles.